The molecular weight excluding hydrogens is 380 g/mol. The Labute approximate surface area is 174 Å². The first-order valence-electron chi connectivity index (χ1n) is 9.79. The normalized spacial score (nSPS) is 11.3. The molecule has 2 aromatic carbocycles. The first kappa shape index (κ1) is 19.4. The molecule has 4 rings (SSSR count). The van der Waals surface area contributed by atoms with Crippen molar-refractivity contribution >= 4 is 32.6 Å². The van der Waals surface area contributed by atoms with Crippen LogP contribution in [0.25, 0.3) is 10.2 Å². The number of amides is 1. The minimum atomic E-state index is 0.00964. The third kappa shape index (κ3) is 4.25. The van der Waals surface area contributed by atoms with E-state index in [0.717, 1.165) is 27.1 Å². The summed E-state index contributed by atoms with van der Waals surface area (Å²) in [6.45, 7) is 6.75. The van der Waals surface area contributed by atoms with Crippen molar-refractivity contribution in [3.05, 3.63) is 83.3 Å². The second-order valence-electron chi connectivity index (χ2n) is 7.55. The van der Waals surface area contributed by atoms with Gasteiger partial charge in [0.1, 0.15) is 5.76 Å². The Hall–Kier alpha value is -2.92. The van der Waals surface area contributed by atoms with E-state index in [0.29, 0.717) is 24.0 Å². The summed E-state index contributed by atoms with van der Waals surface area (Å²) < 4.78 is 6.59. The molecular formula is C24H24N2O2S. The molecule has 4 nitrogen and oxygen atoms in total. The smallest absolute Gasteiger partial charge is 0.233 e. The first-order chi connectivity index (χ1) is 14.0. The molecule has 0 saturated carbocycles. The number of nitrogens with zero attached hydrogens (tertiary/aromatic N) is 2. The summed E-state index contributed by atoms with van der Waals surface area (Å²) >= 11 is 1.54. The molecule has 0 fully saturated rings. The number of aromatic nitrogens is 1. The van der Waals surface area contributed by atoms with Crippen LogP contribution in [0.2, 0.25) is 0 Å². The molecule has 0 aliphatic heterocycles. The Kier molecular flexibility index (Phi) is 5.49. The number of carbonyl (C=O) groups is 1. The zero-order valence-corrected chi connectivity index (χ0v) is 17.7. The molecule has 0 spiro atoms. The molecule has 0 N–H and O–H groups in total. The predicted molar refractivity (Wildman–Crippen MR) is 118 cm³/mol. The van der Waals surface area contributed by atoms with Crippen LogP contribution in [0.5, 0.6) is 0 Å². The number of benzene rings is 2. The van der Waals surface area contributed by atoms with Crippen molar-refractivity contribution in [1.82, 2.24) is 4.98 Å². The number of aryl methyl sites for hydroxylation is 1. The van der Waals surface area contributed by atoms with Gasteiger partial charge in [0.05, 0.1) is 29.4 Å². The largest absolute Gasteiger partial charge is 0.467 e. The highest BCUT2D eigenvalue weighted by Crippen LogP contribution is 2.32. The van der Waals surface area contributed by atoms with E-state index in [9.17, 15) is 4.79 Å². The van der Waals surface area contributed by atoms with Gasteiger partial charge in [0.15, 0.2) is 5.13 Å². The average molecular weight is 405 g/mol. The van der Waals surface area contributed by atoms with E-state index in [4.69, 9.17) is 9.40 Å². The van der Waals surface area contributed by atoms with Gasteiger partial charge in [0.25, 0.3) is 0 Å². The summed E-state index contributed by atoms with van der Waals surface area (Å²) in [5.74, 6) is 1.22. The number of thiazole rings is 1. The standard InChI is InChI=1S/C24H24N2O2S/c1-16(2)19-11-9-18(10-12-19)14-22(27)26(15-20-7-5-13-28-20)24-25-23-17(3)6-4-8-21(23)29-24/h4-13,16H,14-15H2,1-3H3. The lowest BCUT2D eigenvalue weighted by molar-refractivity contribution is -0.118. The van der Waals surface area contributed by atoms with E-state index in [1.807, 2.05) is 49.4 Å². The number of anilines is 1. The highest BCUT2D eigenvalue weighted by Gasteiger charge is 2.22. The zero-order chi connectivity index (χ0) is 20.4. The number of rotatable bonds is 6. The van der Waals surface area contributed by atoms with E-state index < -0.39 is 0 Å². The van der Waals surface area contributed by atoms with Gasteiger partial charge in [0.2, 0.25) is 5.91 Å². The lowest BCUT2D eigenvalue weighted by atomic mass is 10.0. The number of hydrogen-bond donors (Lipinski definition) is 0. The van der Waals surface area contributed by atoms with Gasteiger partial charge in [-0.15, -0.1) is 0 Å². The van der Waals surface area contributed by atoms with Crippen molar-refractivity contribution in [3.8, 4) is 0 Å². The van der Waals surface area contributed by atoms with Crippen LogP contribution in [-0.2, 0) is 17.8 Å². The van der Waals surface area contributed by atoms with Gasteiger partial charge in [-0.3, -0.25) is 9.69 Å². The van der Waals surface area contributed by atoms with E-state index >= 15 is 0 Å². The van der Waals surface area contributed by atoms with Gasteiger partial charge in [-0.05, 0) is 47.7 Å². The number of furan rings is 1. The van der Waals surface area contributed by atoms with Gasteiger partial charge in [-0.2, -0.15) is 0 Å². The fourth-order valence-corrected chi connectivity index (χ4v) is 4.36. The lowest BCUT2D eigenvalue weighted by Crippen LogP contribution is -2.31. The van der Waals surface area contributed by atoms with Gasteiger partial charge < -0.3 is 4.42 Å². The van der Waals surface area contributed by atoms with E-state index in [2.05, 4.69) is 26.0 Å². The molecule has 29 heavy (non-hydrogen) atoms. The topological polar surface area (TPSA) is 46.3 Å². The SMILES string of the molecule is Cc1cccc2sc(N(Cc3ccco3)C(=O)Cc3ccc(C(C)C)cc3)nc12. The van der Waals surface area contributed by atoms with Crippen molar-refractivity contribution < 1.29 is 9.21 Å². The first-order valence-corrected chi connectivity index (χ1v) is 10.6. The number of para-hydroxylation sites is 1. The molecule has 0 atom stereocenters. The fraction of sp³-hybridized carbons (Fsp3) is 0.250. The Morgan fingerprint density at radius 2 is 1.90 bits per heavy atom. The number of carbonyl (C=O) groups excluding carboxylic acids is 1. The quantitative estimate of drug-likeness (QED) is 0.390. The molecule has 4 aromatic rings. The second-order valence-corrected chi connectivity index (χ2v) is 8.56. The van der Waals surface area contributed by atoms with Crippen molar-refractivity contribution in [1.29, 1.82) is 0 Å². The van der Waals surface area contributed by atoms with Crippen molar-refractivity contribution in [2.75, 3.05) is 4.90 Å². The van der Waals surface area contributed by atoms with Gasteiger partial charge >= 0.3 is 0 Å². The summed E-state index contributed by atoms with van der Waals surface area (Å²) in [5, 5.41) is 0.703. The van der Waals surface area contributed by atoms with E-state index in [1.54, 1.807) is 11.2 Å². The maximum Gasteiger partial charge on any atom is 0.233 e. The molecule has 148 valence electrons. The molecule has 0 aliphatic carbocycles. The van der Waals surface area contributed by atoms with E-state index in [-0.39, 0.29) is 5.91 Å². The van der Waals surface area contributed by atoms with Gasteiger partial charge in [0, 0.05) is 0 Å². The van der Waals surface area contributed by atoms with Crippen molar-refractivity contribution in [3.63, 3.8) is 0 Å². The monoisotopic (exact) mass is 404 g/mol. The van der Waals surface area contributed by atoms with Crippen LogP contribution in [0.1, 0.15) is 42.2 Å². The van der Waals surface area contributed by atoms with Crippen LogP contribution in [-0.4, -0.2) is 10.9 Å². The summed E-state index contributed by atoms with van der Waals surface area (Å²) in [6, 6.07) is 18.1. The highest BCUT2D eigenvalue weighted by molar-refractivity contribution is 7.22. The van der Waals surface area contributed by atoms with Crippen molar-refractivity contribution in [2.24, 2.45) is 0 Å². The second kappa shape index (κ2) is 8.21. The van der Waals surface area contributed by atoms with Crippen molar-refractivity contribution in [2.45, 2.75) is 39.7 Å². The Morgan fingerprint density at radius 1 is 1.10 bits per heavy atom. The number of fused-ring (bicyclic) bond motifs is 1. The highest BCUT2D eigenvalue weighted by atomic mass is 32.1. The van der Waals surface area contributed by atoms with Crippen LogP contribution >= 0.6 is 11.3 Å². The zero-order valence-electron chi connectivity index (χ0n) is 16.9. The molecule has 5 heteroatoms. The Bertz CT molecular complexity index is 1110. The molecule has 2 heterocycles. The molecule has 0 aliphatic rings. The molecule has 0 unspecified atom stereocenters. The lowest BCUT2D eigenvalue weighted by Gasteiger charge is -2.19. The Balaban J connectivity index is 1.64. The maximum atomic E-state index is 13.3. The third-order valence-corrected chi connectivity index (χ3v) is 6.08. The van der Waals surface area contributed by atoms with E-state index in [1.165, 1.54) is 16.9 Å². The molecule has 1 amide bonds. The summed E-state index contributed by atoms with van der Waals surface area (Å²) in [6.07, 6.45) is 1.96. The minimum Gasteiger partial charge on any atom is -0.467 e. The molecule has 2 aromatic heterocycles. The van der Waals surface area contributed by atoms with Gasteiger partial charge in [-0.25, -0.2) is 4.98 Å². The van der Waals surface area contributed by atoms with Crippen LogP contribution in [0.15, 0.2) is 65.3 Å². The third-order valence-electron chi connectivity index (χ3n) is 5.04. The summed E-state index contributed by atoms with van der Waals surface area (Å²) in [7, 11) is 0. The Morgan fingerprint density at radius 3 is 2.55 bits per heavy atom. The summed E-state index contributed by atoms with van der Waals surface area (Å²) in [4.78, 5) is 19.8. The molecule has 0 bridgehead atoms. The maximum absolute atomic E-state index is 13.3. The minimum absolute atomic E-state index is 0.00964. The molecule has 0 radical (unpaired) electrons. The number of hydrogen-bond acceptors (Lipinski definition) is 4. The predicted octanol–water partition coefficient (Wildman–Crippen LogP) is 6.10. The van der Waals surface area contributed by atoms with Gasteiger partial charge in [-0.1, -0.05) is 61.6 Å². The summed E-state index contributed by atoms with van der Waals surface area (Å²) in [5.41, 5.74) is 4.34. The van der Waals surface area contributed by atoms with Crippen LogP contribution in [0.4, 0.5) is 5.13 Å². The molecule has 0 saturated heterocycles. The van der Waals surface area contributed by atoms with Crippen LogP contribution in [0, 0.1) is 6.92 Å². The average Bonchev–Trinajstić information content (AvgIpc) is 3.36. The fourth-order valence-electron chi connectivity index (χ4n) is 3.30. The van der Waals surface area contributed by atoms with Crippen LogP contribution in [0.3, 0.4) is 0 Å². The van der Waals surface area contributed by atoms with Crippen LogP contribution < -0.4 is 4.90 Å².